The van der Waals surface area contributed by atoms with E-state index in [-0.39, 0.29) is 18.3 Å². The highest BCUT2D eigenvalue weighted by Crippen LogP contribution is 2.14. The molecule has 1 aromatic rings. The SMILES string of the molecule is Cc1cc(C)nc(SCC(=O)N2CCNCC2)n1.Cl. The first-order chi connectivity index (χ1) is 8.65. The van der Waals surface area contributed by atoms with Gasteiger partial charge < -0.3 is 10.2 Å². The van der Waals surface area contributed by atoms with E-state index in [1.807, 2.05) is 24.8 Å². The van der Waals surface area contributed by atoms with Gasteiger partial charge in [0.1, 0.15) is 0 Å². The van der Waals surface area contributed by atoms with Crippen LogP contribution in [0.2, 0.25) is 0 Å². The minimum absolute atomic E-state index is 0. The Morgan fingerprint density at radius 1 is 1.32 bits per heavy atom. The van der Waals surface area contributed by atoms with Crippen LogP contribution >= 0.6 is 24.2 Å². The molecule has 1 aromatic heterocycles. The van der Waals surface area contributed by atoms with E-state index >= 15 is 0 Å². The molecule has 0 radical (unpaired) electrons. The number of carbonyl (C=O) groups excluding carboxylic acids is 1. The largest absolute Gasteiger partial charge is 0.339 e. The van der Waals surface area contributed by atoms with Crippen molar-refractivity contribution in [2.45, 2.75) is 19.0 Å². The topological polar surface area (TPSA) is 58.1 Å². The van der Waals surface area contributed by atoms with Crippen molar-refractivity contribution in [1.29, 1.82) is 0 Å². The Hall–Kier alpha value is -0.850. The fourth-order valence-corrected chi connectivity index (χ4v) is 2.74. The van der Waals surface area contributed by atoms with E-state index in [2.05, 4.69) is 15.3 Å². The molecule has 0 bridgehead atoms. The standard InChI is InChI=1S/C12H18N4OS.ClH/c1-9-7-10(2)15-12(14-9)18-8-11(17)16-5-3-13-4-6-16;/h7,13H,3-6,8H2,1-2H3;1H. The second-order valence-corrected chi connectivity index (χ2v) is 5.30. The normalized spacial score (nSPS) is 14.9. The van der Waals surface area contributed by atoms with Crippen LogP contribution in [0, 0.1) is 13.8 Å². The number of carbonyl (C=O) groups is 1. The first-order valence-electron chi connectivity index (χ1n) is 6.09. The van der Waals surface area contributed by atoms with Gasteiger partial charge in [0, 0.05) is 37.6 Å². The van der Waals surface area contributed by atoms with Crippen LogP contribution in [-0.4, -0.2) is 52.7 Å². The summed E-state index contributed by atoms with van der Waals surface area (Å²) in [6.07, 6.45) is 0. The first-order valence-corrected chi connectivity index (χ1v) is 7.07. The number of nitrogens with one attached hydrogen (secondary N) is 1. The van der Waals surface area contributed by atoms with E-state index in [4.69, 9.17) is 0 Å². The molecule has 1 saturated heterocycles. The molecule has 2 rings (SSSR count). The quantitative estimate of drug-likeness (QED) is 0.668. The molecule has 1 aliphatic heterocycles. The van der Waals surface area contributed by atoms with E-state index in [1.54, 1.807) is 0 Å². The second kappa shape index (κ2) is 7.67. The van der Waals surface area contributed by atoms with Crippen LogP contribution in [0.25, 0.3) is 0 Å². The van der Waals surface area contributed by atoms with Crippen LogP contribution in [0.5, 0.6) is 0 Å². The molecule has 0 aromatic carbocycles. The minimum atomic E-state index is 0. The first kappa shape index (κ1) is 16.2. The monoisotopic (exact) mass is 302 g/mol. The van der Waals surface area contributed by atoms with Gasteiger partial charge in [-0.1, -0.05) is 11.8 Å². The molecular formula is C12H19ClN4OS. The number of hydrogen-bond donors (Lipinski definition) is 1. The predicted octanol–water partition coefficient (Wildman–Crippen LogP) is 1.04. The number of aryl methyl sites for hydroxylation is 2. The van der Waals surface area contributed by atoms with Gasteiger partial charge >= 0.3 is 0 Å². The maximum Gasteiger partial charge on any atom is 0.233 e. The highest BCUT2D eigenvalue weighted by molar-refractivity contribution is 7.99. The third-order valence-corrected chi connectivity index (χ3v) is 3.59. The summed E-state index contributed by atoms with van der Waals surface area (Å²) in [5, 5.41) is 3.92. The average molecular weight is 303 g/mol. The van der Waals surface area contributed by atoms with E-state index in [0.29, 0.717) is 10.9 Å². The Bertz CT molecular complexity index is 417. The van der Waals surface area contributed by atoms with Crippen molar-refractivity contribution in [3.05, 3.63) is 17.5 Å². The highest BCUT2D eigenvalue weighted by Gasteiger charge is 2.16. The summed E-state index contributed by atoms with van der Waals surface area (Å²) >= 11 is 1.42. The third kappa shape index (κ3) is 4.97. The molecule has 106 valence electrons. The number of halogens is 1. The fourth-order valence-electron chi connectivity index (χ4n) is 1.89. The van der Waals surface area contributed by atoms with Gasteiger partial charge in [0.2, 0.25) is 5.91 Å². The molecule has 1 N–H and O–H groups in total. The molecule has 19 heavy (non-hydrogen) atoms. The number of hydrogen-bond acceptors (Lipinski definition) is 5. The maximum atomic E-state index is 12.0. The van der Waals surface area contributed by atoms with Crippen LogP contribution in [0.1, 0.15) is 11.4 Å². The molecule has 0 spiro atoms. The van der Waals surface area contributed by atoms with E-state index in [9.17, 15) is 4.79 Å². The zero-order valence-corrected chi connectivity index (χ0v) is 12.8. The molecule has 0 atom stereocenters. The molecule has 1 aliphatic rings. The minimum Gasteiger partial charge on any atom is -0.339 e. The third-order valence-electron chi connectivity index (χ3n) is 2.76. The fraction of sp³-hybridized carbons (Fsp3) is 0.583. The summed E-state index contributed by atoms with van der Waals surface area (Å²) in [4.78, 5) is 22.5. The lowest BCUT2D eigenvalue weighted by molar-refractivity contribution is -0.128. The zero-order chi connectivity index (χ0) is 13.0. The molecule has 5 nitrogen and oxygen atoms in total. The van der Waals surface area contributed by atoms with Crippen LogP contribution in [0.15, 0.2) is 11.2 Å². The lowest BCUT2D eigenvalue weighted by atomic mass is 10.3. The second-order valence-electron chi connectivity index (χ2n) is 4.35. The summed E-state index contributed by atoms with van der Waals surface area (Å²) in [6.45, 7) is 7.25. The van der Waals surface area contributed by atoms with Crippen molar-refractivity contribution in [2.75, 3.05) is 31.9 Å². The summed E-state index contributed by atoms with van der Waals surface area (Å²) in [5.41, 5.74) is 1.89. The molecular weight excluding hydrogens is 284 g/mol. The van der Waals surface area contributed by atoms with Gasteiger partial charge in [-0.05, 0) is 19.9 Å². The smallest absolute Gasteiger partial charge is 0.233 e. The number of amides is 1. The molecule has 0 saturated carbocycles. The number of aromatic nitrogens is 2. The van der Waals surface area contributed by atoms with Crippen molar-refractivity contribution < 1.29 is 4.79 Å². The lowest BCUT2D eigenvalue weighted by Crippen LogP contribution is -2.47. The molecule has 1 fully saturated rings. The van der Waals surface area contributed by atoms with Gasteiger partial charge in [-0.25, -0.2) is 9.97 Å². The van der Waals surface area contributed by atoms with Gasteiger partial charge in [0.25, 0.3) is 0 Å². The van der Waals surface area contributed by atoms with Crippen molar-refractivity contribution in [3.8, 4) is 0 Å². The highest BCUT2D eigenvalue weighted by atomic mass is 35.5. The lowest BCUT2D eigenvalue weighted by Gasteiger charge is -2.27. The van der Waals surface area contributed by atoms with Crippen molar-refractivity contribution in [1.82, 2.24) is 20.2 Å². The van der Waals surface area contributed by atoms with Gasteiger partial charge in [0.05, 0.1) is 5.75 Å². The Kier molecular flexibility index (Phi) is 6.54. The summed E-state index contributed by atoms with van der Waals surface area (Å²) in [7, 11) is 0. The molecule has 7 heteroatoms. The summed E-state index contributed by atoms with van der Waals surface area (Å²) in [6, 6.07) is 1.93. The molecule has 0 aliphatic carbocycles. The number of rotatable bonds is 3. The Balaban J connectivity index is 0.00000180. The van der Waals surface area contributed by atoms with Crippen LogP contribution in [-0.2, 0) is 4.79 Å². The van der Waals surface area contributed by atoms with Crippen molar-refractivity contribution >= 4 is 30.1 Å². The summed E-state index contributed by atoms with van der Waals surface area (Å²) < 4.78 is 0. The Morgan fingerprint density at radius 2 is 1.89 bits per heavy atom. The van der Waals surface area contributed by atoms with Crippen molar-refractivity contribution in [2.24, 2.45) is 0 Å². The van der Waals surface area contributed by atoms with Gasteiger partial charge in [-0.2, -0.15) is 0 Å². The van der Waals surface area contributed by atoms with Crippen LogP contribution < -0.4 is 5.32 Å². The molecule has 1 amide bonds. The molecule has 0 unspecified atom stereocenters. The number of thioether (sulfide) groups is 1. The van der Waals surface area contributed by atoms with Crippen LogP contribution in [0.4, 0.5) is 0 Å². The van der Waals surface area contributed by atoms with Gasteiger partial charge in [-0.3, -0.25) is 4.79 Å². The number of nitrogens with zero attached hydrogens (tertiary/aromatic N) is 3. The van der Waals surface area contributed by atoms with E-state index in [1.165, 1.54) is 11.8 Å². The van der Waals surface area contributed by atoms with Gasteiger partial charge in [0.15, 0.2) is 5.16 Å². The number of piperazine rings is 1. The maximum absolute atomic E-state index is 12.0. The van der Waals surface area contributed by atoms with E-state index < -0.39 is 0 Å². The Morgan fingerprint density at radius 3 is 2.47 bits per heavy atom. The average Bonchev–Trinajstić information content (AvgIpc) is 2.36. The predicted molar refractivity (Wildman–Crippen MR) is 78.9 cm³/mol. The van der Waals surface area contributed by atoms with Crippen LogP contribution in [0.3, 0.4) is 0 Å². The van der Waals surface area contributed by atoms with Crippen molar-refractivity contribution in [3.63, 3.8) is 0 Å². The van der Waals surface area contributed by atoms with Gasteiger partial charge in [-0.15, -0.1) is 12.4 Å². The zero-order valence-electron chi connectivity index (χ0n) is 11.2. The Labute approximate surface area is 124 Å². The molecule has 2 heterocycles. The summed E-state index contributed by atoms with van der Waals surface area (Å²) in [5.74, 6) is 0.590. The van der Waals surface area contributed by atoms with E-state index in [0.717, 1.165) is 37.6 Å².